The van der Waals surface area contributed by atoms with Crippen molar-refractivity contribution in [2.75, 3.05) is 20.3 Å². The summed E-state index contributed by atoms with van der Waals surface area (Å²) in [4.78, 5) is 39.8. The molecule has 0 spiro atoms. The van der Waals surface area contributed by atoms with Gasteiger partial charge in [0, 0.05) is 42.1 Å². The lowest BCUT2D eigenvalue weighted by molar-refractivity contribution is -0.139. The van der Waals surface area contributed by atoms with Crippen molar-refractivity contribution in [3.63, 3.8) is 0 Å². The van der Waals surface area contributed by atoms with Gasteiger partial charge in [0.1, 0.15) is 18.5 Å². The number of halogens is 2. The van der Waals surface area contributed by atoms with Crippen LogP contribution in [-0.2, 0) is 16.1 Å². The van der Waals surface area contributed by atoms with Crippen molar-refractivity contribution in [3.8, 4) is 11.5 Å². The SMILES string of the molecule is C=CCCCCC(=O)N(Cc1ccc(Cl)cc1)C1CC(C(=O)NCCO)=CC(Oc2c(I)cc(C=O)cc2OC)C1O. The molecule has 2 amide bonds. The molecule has 0 heterocycles. The van der Waals surface area contributed by atoms with Gasteiger partial charge in [-0.3, -0.25) is 14.4 Å². The molecule has 0 radical (unpaired) electrons. The van der Waals surface area contributed by atoms with E-state index in [1.807, 2.05) is 40.8 Å². The third-order valence-electron chi connectivity index (χ3n) is 6.89. The minimum Gasteiger partial charge on any atom is -0.493 e. The third-order valence-corrected chi connectivity index (χ3v) is 7.95. The van der Waals surface area contributed by atoms with Gasteiger partial charge in [0.25, 0.3) is 0 Å². The topological polar surface area (TPSA) is 125 Å². The summed E-state index contributed by atoms with van der Waals surface area (Å²) in [5, 5.41) is 24.2. The van der Waals surface area contributed by atoms with E-state index in [4.69, 9.17) is 21.1 Å². The number of unbranched alkanes of at least 4 members (excludes halogenated alkanes) is 2. The maximum absolute atomic E-state index is 13.7. The Bertz CT molecular complexity index is 1280. The highest BCUT2D eigenvalue weighted by atomic mass is 127. The number of carbonyl (C=O) groups is 3. The molecule has 0 aromatic heterocycles. The van der Waals surface area contributed by atoms with Crippen molar-refractivity contribution in [2.45, 2.75) is 56.9 Å². The summed E-state index contributed by atoms with van der Waals surface area (Å²) in [6.45, 7) is 3.73. The van der Waals surface area contributed by atoms with Crippen molar-refractivity contribution in [3.05, 3.63) is 80.4 Å². The molecule has 0 fully saturated rings. The van der Waals surface area contributed by atoms with Crippen LogP contribution in [0.5, 0.6) is 11.5 Å². The van der Waals surface area contributed by atoms with E-state index in [9.17, 15) is 24.6 Å². The van der Waals surface area contributed by atoms with Gasteiger partial charge in [-0.25, -0.2) is 0 Å². The zero-order valence-electron chi connectivity index (χ0n) is 23.4. The monoisotopic (exact) mass is 710 g/mol. The van der Waals surface area contributed by atoms with Crippen molar-refractivity contribution >= 4 is 52.3 Å². The fraction of sp³-hybridized carbons (Fsp3) is 0.387. The average molecular weight is 711 g/mol. The molecule has 11 heteroatoms. The first-order chi connectivity index (χ1) is 20.2. The third kappa shape index (κ3) is 9.03. The molecule has 0 saturated carbocycles. The number of aldehydes is 1. The van der Waals surface area contributed by atoms with Crippen LogP contribution in [0.15, 0.2) is 60.7 Å². The quantitative estimate of drug-likeness (QED) is 0.108. The molecule has 2 aromatic rings. The minimum atomic E-state index is -1.21. The summed E-state index contributed by atoms with van der Waals surface area (Å²) in [7, 11) is 1.44. The second kappa shape index (κ2) is 16.6. The molecule has 9 nitrogen and oxygen atoms in total. The molecule has 3 unspecified atom stereocenters. The highest BCUT2D eigenvalue weighted by molar-refractivity contribution is 14.1. The normalized spacial score (nSPS) is 18.0. The van der Waals surface area contributed by atoms with E-state index < -0.39 is 24.2 Å². The second-order valence-electron chi connectivity index (χ2n) is 9.85. The van der Waals surface area contributed by atoms with E-state index in [1.54, 1.807) is 23.1 Å². The Morgan fingerprint density at radius 3 is 2.62 bits per heavy atom. The first-order valence-electron chi connectivity index (χ1n) is 13.6. The van der Waals surface area contributed by atoms with Crippen LogP contribution in [0.1, 0.15) is 48.0 Å². The molecule has 1 aliphatic rings. The Balaban J connectivity index is 2.01. The zero-order chi connectivity index (χ0) is 30.6. The van der Waals surface area contributed by atoms with Gasteiger partial charge in [0.2, 0.25) is 11.8 Å². The van der Waals surface area contributed by atoms with E-state index in [0.717, 1.165) is 18.4 Å². The number of carbonyl (C=O) groups excluding carboxylic acids is 3. The predicted octanol–water partition coefficient (Wildman–Crippen LogP) is 4.46. The smallest absolute Gasteiger partial charge is 0.247 e. The van der Waals surface area contributed by atoms with Gasteiger partial charge in [-0.1, -0.05) is 29.8 Å². The van der Waals surface area contributed by atoms with Crippen molar-refractivity contribution in [2.24, 2.45) is 0 Å². The summed E-state index contributed by atoms with van der Waals surface area (Å²) < 4.78 is 12.3. The fourth-order valence-corrected chi connectivity index (χ4v) is 5.60. The molecule has 0 aliphatic heterocycles. The number of hydrogen-bond acceptors (Lipinski definition) is 7. The van der Waals surface area contributed by atoms with Crippen LogP contribution in [0.2, 0.25) is 5.02 Å². The lowest BCUT2D eigenvalue weighted by atomic mass is 9.87. The number of rotatable bonds is 15. The first-order valence-corrected chi connectivity index (χ1v) is 15.1. The van der Waals surface area contributed by atoms with Gasteiger partial charge in [0.15, 0.2) is 11.5 Å². The molecule has 3 atom stereocenters. The Morgan fingerprint density at radius 2 is 1.98 bits per heavy atom. The van der Waals surface area contributed by atoms with Gasteiger partial charge >= 0.3 is 0 Å². The molecule has 0 bridgehead atoms. The van der Waals surface area contributed by atoms with E-state index in [2.05, 4.69) is 11.9 Å². The Morgan fingerprint density at radius 1 is 1.24 bits per heavy atom. The van der Waals surface area contributed by atoms with Crippen molar-refractivity contribution < 1.29 is 34.1 Å². The van der Waals surface area contributed by atoms with Crippen LogP contribution in [0.4, 0.5) is 0 Å². The van der Waals surface area contributed by atoms with Gasteiger partial charge < -0.3 is 29.9 Å². The van der Waals surface area contributed by atoms with E-state index in [1.165, 1.54) is 19.3 Å². The molecule has 42 heavy (non-hydrogen) atoms. The van der Waals surface area contributed by atoms with E-state index in [0.29, 0.717) is 38.2 Å². The second-order valence-corrected chi connectivity index (χ2v) is 11.4. The number of nitrogens with zero attached hydrogens (tertiary/aromatic N) is 1. The summed E-state index contributed by atoms with van der Waals surface area (Å²) in [6.07, 6.45) is 4.34. The maximum Gasteiger partial charge on any atom is 0.247 e. The lowest BCUT2D eigenvalue weighted by Crippen LogP contribution is -2.54. The van der Waals surface area contributed by atoms with Crippen LogP contribution in [0.25, 0.3) is 0 Å². The summed E-state index contributed by atoms with van der Waals surface area (Å²) in [5.74, 6) is -0.0252. The molecular weight excluding hydrogens is 675 g/mol. The number of aliphatic hydroxyl groups excluding tert-OH is 2. The molecule has 3 rings (SSSR count). The van der Waals surface area contributed by atoms with Crippen LogP contribution in [-0.4, -0.2) is 71.7 Å². The predicted molar refractivity (Wildman–Crippen MR) is 169 cm³/mol. The number of allylic oxidation sites excluding steroid dienone is 1. The Kier molecular flexibility index (Phi) is 13.3. The van der Waals surface area contributed by atoms with Crippen LogP contribution >= 0.6 is 34.2 Å². The Hall–Kier alpha value is -2.93. The summed E-state index contributed by atoms with van der Waals surface area (Å²) in [6, 6.07) is 9.43. The summed E-state index contributed by atoms with van der Waals surface area (Å²) in [5.41, 5.74) is 1.51. The molecule has 2 aromatic carbocycles. The standard InChI is InChI=1S/C31H36ClIN2O7/c1-3-4-5-6-7-28(38)35(18-20-8-10-23(32)11-9-20)25-16-22(31(40)34-12-13-36)17-26(29(25)39)42-30-24(33)14-21(19-37)15-27(30)41-2/h3,8-11,14-15,17,19,25-26,29,36,39H,1,4-7,12-13,16,18H2,2H3,(H,34,40). The largest absolute Gasteiger partial charge is 0.493 e. The van der Waals surface area contributed by atoms with Crippen LogP contribution < -0.4 is 14.8 Å². The van der Waals surface area contributed by atoms with Gasteiger partial charge in [-0.15, -0.1) is 6.58 Å². The number of nitrogens with one attached hydrogen (secondary N) is 1. The average Bonchev–Trinajstić information content (AvgIpc) is 2.99. The minimum absolute atomic E-state index is 0.0462. The number of benzene rings is 2. The maximum atomic E-state index is 13.7. The highest BCUT2D eigenvalue weighted by Crippen LogP contribution is 2.37. The number of methoxy groups -OCH3 is 1. The van der Waals surface area contributed by atoms with Crippen LogP contribution in [0, 0.1) is 3.57 Å². The number of aliphatic hydroxyl groups is 2. The van der Waals surface area contributed by atoms with Crippen molar-refractivity contribution in [1.82, 2.24) is 10.2 Å². The van der Waals surface area contributed by atoms with Gasteiger partial charge in [-0.2, -0.15) is 0 Å². The molecule has 0 saturated heterocycles. The van der Waals surface area contributed by atoms with Gasteiger partial charge in [-0.05, 0) is 77.8 Å². The Labute approximate surface area is 264 Å². The highest BCUT2D eigenvalue weighted by Gasteiger charge is 2.41. The molecular formula is C31H36ClIN2O7. The fourth-order valence-electron chi connectivity index (χ4n) is 4.72. The molecule has 3 N–H and O–H groups in total. The zero-order valence-corrected chi connectivity index (χ0v) is 26.3. The van der Waals surface area contributed by atoms with Gasteiger partial charge in [0.05, 0.1) is 23.3 Å². The van der Waals surface area contributed by atoms with E-state index >= 15 is 0 Å². The van der Waals surface area contributed by atoms with Crippen molar-refractivity contribution in [1.29, 1.82) is 0 Å². The first kappa shape index (κ1) is 33.6. The number of ether oxygens (including phenoxy) is 2. The summed E-state index contributed by atoms with van der Waals surface area (Å²) >= 11 is 8.10. The lowest BCUT2D eigenvalue weighted by Gasteiger charge is -2.41. The number of hydrogen-bond donors (Lipinski definition) is 3. The van der Waals surface area contributed by atoms with E-state index in [-0.39, 0.29) is 44.2 Å². The van der Waals surface area contributed by atoms with Crippen LogP contribution in [0.3, 0.4) is 0 Å². The number of amides is 2. The molecule has 226 valence electrons. The molecule has 1 aliphatic carbocycles.